The molecule has 0 heterocycles. The van der Waals surface area contributed by atoms with E-state index < -0.39 is 0 Å². The molecule has 0 fully saturated rings. The number of halogens is 1. The van der Waals surface area contributed by atoms with Crippen molar-refractivity contribution in [1.29, 1.82) is 0 Å². The lowest BCUT2D eigenvalue weighted by molar-refractivity contribution is -0.870. The van der Waals surface area contributed by atoms with E-state index in [0.717, 1.165) is 11.0 Å². The number of likely N-dealkylation sites (N-methyl/N-ethyl adjacent to an activating group) is 1. The zero-order valence-electron chi connectivity index (χ0n) is 8.26. The summed E-state index contributed by atoms with van der Waals surface area (Å²) < 4.78 is 5.74. The smallest absolute Gasteiger partial charge is 0.305 e. The van der Waals surface area contributed by atoms with Gasteiger partial charge in [-0.3, -0.25) is 4.79 Å². The number of nitrogens with zero attached hydrogens (tertiary/aromatic N) is 1. The first-order valence-electron chi connectivity index (χ1n) is 3.92. The first-order chi connectivity index (χ1) is 4.95. The number of rotatable bonds is 4. The standard InChI is InChI=1S/C8H18NO2.HI/c1-5-8(10)11-7-6-9(2,3)4;/h5-7H2,1-4H3;1H/q+1;/p-1. The van der Waals surface area contributed by atoms with Gasteiger partial charge >= 0.3 is 5.97 Å². The van der Waals surface area contributed by atoms with Gasteiger partial charge in [-0.25, -0.2) is 0 Å². The van der Waals surface area contributed by atoms with E-state index in [2.05, 4.69) is 21.1 Å². The lowest BCUT2D eigenvalue weighted by Crippen LogP contribution is -3.00. The van der Waals surface area contributed by atoms with Crippen LogP contribution in [-0.2, 0) is 9.53 Å². The molecule has 0 N–H and O–H groups in total. The molecule has 0 aromatic carbocycles. The number of esters is 1. The predicted octanol–water partition coefficient (Wildman–Crippen LogP) is -2.35. The first kappa shape index (κ1) is 14.7. The van der Waals surface area contributed by atoms with Gasteiger partial charge in [0, 0.05) is 6.42 Å². The minimum absolute atomic E-state index is 0. The number of ether oxygens (including phenoxy) is 1. The summed E-state index contributed by atoms with van der Waals surface area (Å²) in [7, 11) is 6.21. The van der Waals surface area contributed by atoms with Crippen LogP contribution in [-0.4, -0.2) is 44.7 Å². The van der Waals surface area contributed by atoms with Crippen molar-refractivity contribution in [1.82, 2.24) is 0 Å². The largest absolute Gasteiger partial charge is 1.00 e. The van der Waals surface area contributed by atoms with Crippen LogP contribution < -0.4 is 24.0 Å². The SMILES string of the molecule is CCC(=O)OCC[N+](C)(C)C.[I-]. The van der Waals surface area contributed by atoms with Crippen molar-refractivity contribution in [2.75, 3.05) is 34.3 Å². The molecule has 0 aliphatic heterocycles. The quantitative estimate of drug-likeness (QED) is 0.329. The normalized spacial score (nSPS) is 10.3. The predicted molar refractivity (Wildman–Crippen MR) is 44.1 cm³/mol. The fourth-order valence-corrected chi connectivity index (χ4v) is 0.535. The molecule has 0 atom stereocenters. The second kappa shape index (κ2) is 6.65. The summed E-state index contributed by atoms with van der Waals surface area (Å²) in [6, 6.07) is 0. The van der Waals surface area contributed by atoms with Crippen molar-refractivity contribution in [2.45, 2.75) is 13.3 Å². The summed E-state index contributed by atoms with van der Waals surface area (Å²) in [5, 5.41) is 0. The third-order valence-electron chi connectivity index (χ3n) is 1.31. The van der Waals surface area contributed by atoms with E-state index in [1.807, 2.05) is 0 Å². The van der Waals surface area contributed by atoms with E-state index in [1.165, 1.54) is 0 Å². The average Bonchev–Trinajstić information content (AvgIpc) is 1.85. The van der Waals surface area contributed by atoms with Crippen molar-refractivity contribution < 1.29 is 38.0 Å². The molecule has 0 spiro atoms. The van der Waals surface area contributed by atoms with E-state index in [9.17, 15) is 4.79 Å². The molecular weight excluding hydrogens is 269 g/mol. The molecule has 0 unspecified atom stereocenters. The summed E-state index contributed by atoms with van der Waals surface area (Å²) in [6.45, 7) is 3.19. The van der Waals surface area contributed by atoms with E-state index in [0.29, 0.717) is 13.0 Å². The number of carbonyl (C=O) groups is 1. The summed E-state index contributed by atoms with van der Waals surface area (Å²) in [5.74, 6) is -0.113. The Morgan fingerprint density at radius 1 is 1.33 bits per heavy atom. The second-order valence-corrected chi connectivity index (χ2v) is 3.59. The van der Waals surface area contributed by atoms with Crippen molar-refractivity contribution in [3.05, 3.63) is 0 Å². The molecule has 0 aromatic heterocycles. The summed E-state index contributed by atoms with van der Waals surface area (Å²) in [5.41, 5.74) is 0. The fraction of sp³-hybridized carbons (Fsp3) is 0.875. The highest BCUT2D eigenvalue weighted by Gasteiger charge is 2.07. The molecule has 74 valence electrons. The van der Waals surface area contributed by atoms with Gasteiger partial charge in [0.1, 0.15) is 13.2 Å². The third kappa shape index (κ3) is 10.2. The Labute approximate surface area is 91.7 Å². The first-order valence-corrected chi connectivity index (χ1v) is 3.92. The van der Waals surface area contributed by atoms with Gasteiger partial charge in [0.05, 0.1) is 21.1 Å². The van der Waals surface area contributed by atoms with Crippen LogP contribution in [0.3, 0.4) is 0 Å². The molecule has 0 rings (SSSR count). The summed E-state index contributed by atoms with van der Waals surface area (Å²) in [4.78, 5) is 10.7. The molecule has 0 aromatic rings. The van der Waals surface area contributed by atoms with Crippen LogP contribution in [0.4, 0.5) is 0 Å². The van der Waals surface area contributed by atoms with Crippen LogP contribution in [0.25, 0.3) is 0 Å². The van der Waals surface area contributed by atoms with Gasteiger partial charge < -0.3 is 33.2 Å². The van der Waals surface area contributed by atoms with E-state index in [1.54, 1.807) is 6.92 Å². The molecule has 0 aliphatic rings. The minimum Gasteiger partial charge on any atom is -1.00 e. The zero-order chi connectivity index (χ0) is 8.91. The maximum Gasteiger partial charge on any atom is 0.305 e. The number of quaternary nitrogens is 1. The van der Waals surface area contributed by atoms with Crippen LogP contribution in [0, 0.1) is 0 Å². The molecule has 0 radical (unpaired) electrons. The van der Waals surface area contributed by atoms with Gasteiger partial charge in [-0.1, -0.05) is 6.92 Å². The number of carbonyl (C=O) groups excluding carboxylic acids is 1. The van der Waals surface area contributed by atoms with Crippen molar-refractivity contribution >= 4 is 5.97 Å². The van der Waals surface area contributed by atoms with Crippen LogP contribution in [0.5, 0.6) is 0 Å². The van der Waals surface area contributed by atoms with Crippen LogP contribution in [0.15, 0.2) is 0 Å². The second-order valence-electron chi connectivity index (χ2n) is 3.59. The van der Waals surface area contributed by atoms with Gasteiger partial charge in [-0.05, 0) is 0 Å². The highest BCUT2D eigenvalue weighted by molar-refractivity contribution is 5.68. The Hall–Kier alpha value is 0.160. The fourth-order valence-electron chi connectivity index (χ4n) is 0.535. The molecule has 0 saturated heterocycles. The highest BCUT2D eigenvalue weighted by Crippen LogP contribution is 1.91. The number of hydrogen-bond donors (Lipinski definition) is 0. The van der Waals surface area contributed by atoms with Crippen molar-refractivity contribution in [2.24, 2.45) is 0 Å². The van der Waals surface area contributed by atoms with E-state index in [-0.39, 0.29) is 29.9 Å². The maximum atomic E-state index is 10.7. The third-order valence-corrected chi connectivity index (χ3v) is 1.31. The van der Waals surface area contributed by atoms with Gasteiger partial charge in [0.25, 0.3) is 0 Å². The number of hydrogen-bond acceptors (Lipinski definition) is 2. The molecule has 12 heavy (non-hydrogen) atoms. The van der Waals surface area contributed by atoms with Gasteiger partial charge in [-0.2, -0.15) is 0 Å². The Balaban J connectivity index is 0. The molecular formula is C8H18INO2. The molecule has 4 heteroatoms. The van der Waals surface area contributed by atoms with Crippen molar-refractivity contribution in [3.8, 4) is 0 Å². The van der Waals surface area contributed by atoms with E-state index >= 15 is 0 Å². The Kier molecular flexibility index (Phi) is 8.13. The monoisotopic (exact) mass is 287 g/mol. The highest BCUT2D eigenvalue weighted by atomic mass is 127. The van der Waals surface area contributed by atoms with Gasteiger partial charge in [0.15, 0.2) is 0 Å². The Morgan fingerprint density at radius 2 is 1.83 bits per heavy atom. The Bertz CT molecular complexity index is 132. The lowest BCUT2D eigenvalue weighted by Gasteiger charge is -2.23. The van der Waals surface area contributed by atoms with Gasteiger partial charge in [0.2, 0.25) is 0 Å². The van der Waals surface area contributed by atoms with E-state index in [4.69, 9.17) is 4.74 Å². The molecule has 0 saturated carbocycles. The lowest BCUT2D eigenvalue weighted by atomic mass is 10.5. The average molecular weight is 287 g/mol. The zero-order valence-corrected chi connectivity index (χ0v) is 10.4. The summed E-state index contributed by atoms with van der Waals surface area (Å²) >= 11 is 0. The van der Waals surface area contributed by atoms with Crippen LogP contribution in [0.1, 0.15) is 13.3 Å². The van der Waals surface area contributed by atoms with Gasteiger partial charge in [-0.15, -0.1) is 0 Å². The van der Waals surface area contributed by atoms with Crippen LogP contribution in [0.2, 0.25) is 0 Å². The molecule has 0 bridgehead atoms. The summed E-state index contributed by atoms with van der Waals surface area (Å²) in [6.07, 6.45) is 0.469. The van der Waals surface area contributed by atoms with Crippen LogP contribution >= 0.6 is 0 Å². The van der Waals surface area contributed by atoms with Crippen molar-refractivity contribution in [3.63, 3.8) is 0 Å². The Morgan fingerprint density at radius 3 is 2.17 bits per heavy atom. The molecule has 0 aliphatic carbocycles. The topological polar surface area (TPSA) is 26.3 Å². The maximum absolute atomic E-state index is 10.7. The molecule has 0 amide bonds. The minimum atomic E-state index is -0.113. The molecule has 3 nitrogen and oxygen atoms in total.